The van der Waals surface area contributed by atoms with Gasteiger partial charge in [-0.2, -0.15) is 0 Å². The average molecular weight is 243 g/mol. The van der Waals surface area contributed by atoms with Gasteiger partial charge in [-0.1, -0.05) is 12.1 Å². The SMILES string of the molecule is CCOC(=O)C=Cc1ccc(CCl)c(F)c1. The molecule has 1 aromatic rings. The van der Waals surface area contributed by atoms with Gasteiger partial charge in [0.1, 0.15) is 5.82 Å². The number of alkyl halides is 1. The zero-order chi connectivity index (χ0) is 12.0. The number of rotatable bonds is 4. The van der Waals surface area contributed by atoms with E-state index in [1.54, 1.807) is 19.1 Å². The molecule has 1 rings (SSSR count). The number of ether oxygens (including phenoxy) is 1. The van der Waals surface area contributed by atoms with E-state index in [1.165, 1.54) is 18.2 Å². The van der Waals surface area contributed by atoms with Crippen molar-refractivity contribution in [3.05, 3.63) is 41.2 Å². The van der Waals surface area contributed by atoms with Gasteiger partial charge in [0.2, 0.25) is 0 Å². The molecular formula is C12H12ClFO2. The van der Waals surface area contributed by atoms with Gasteiger partial charge in [-0.3, -0.25) is 0 Å². The van der Waals surface area contributed by atoms with Gasteiger partial charge in [-0.25, -0.2) is 9.18 Å². The molecule has 0 aliphatic heterocycles. The average Bonchev–Trinajstić information content (AvgIpc) is 2.27. The van der Waals surface area contributed by atoms with Gasteiger partial charge in [0.25, 0.3) is 0 Å². The normalized spacial score (nSPS) is 10.7. The van der Waals surface area contributed by atoms with Gasteiger partial charge < -0.3 is 4.74 Å². The molecule has 1 aromatic carbocycles. The maximum absolute atomic E-state index is 13.3. The third-order valence-electron chi connectivity index (χ3n) is 1.92. The summed E-state index contributed by atoms with van der Waals surface area (Å²) in [5, 5.41) is 0. The van der Waals surface area contributed by atoms with E-state index >= 15 is 0 Å². The first-order chi connectivity index (χ1) is 7.67. The maximum atomic E-state index is 13.3. The second-order valence-corrected chi connectivity index (χ2v) is 3.34. The summed E-state index contributed by atoms with van der Waals surface area (Å²) < 4.78 is 18.0. The van der Waals surface area contributed by atoms with Gasteiger partial charge >= 0.3 is 5.97 Å². The molecule has 0 aliphatic carbocycles. The molecular weight excluding hydrogens is 231 g/mol. The largest absolute Gasteiger partial charge is 0.463 e. The van der Waals surface area contributed by atoms with E-state index in [9.17, 15) is 9.18 Å². The van der Waals surface area contributed by atoms with Crippen LogP contribution in [-0.4, -0.2) is 12.6 Å². The Balaban J connectivity index is 2.75. The lowest BCUT2D eigenvalue weighted by atomic mass is 10.1. The molecule has 0 radical (unpaired) electrons. The molecule has 4 heteroatoms. The number of carbonyl (C=O) groups is 1. The highest BCUT2D eigenvalue weighted by atomic mass is 35.5. The summed E-state index contributed by atoms with van der Waals surface area (Å²) >= 11 is 5.52. The molecule has 0 saturated heterocycles. The molecule has 0 bridgehead atoms. The predicted molar refractivity (Wildman–Crippen MR) is 61.6 cm³/mol. The Bertz CT molecular complexity index is 402. The number of hydrogen-bond donors (Lipinski definition) is 0. The Morgan fingerprint density at radius 2 is 2.31 bits per heavy atom. The molecule has 0 N–H and O–H groups in total. The first-order valence-corrected chi connectivity index (χ1v) is 5.40. The molecule has 0 spiro atoms. The summed E-state index contributed by atoms with van der Waals surface area (Å²) in [6, 6.07) is 4.61. The summed E-state index contributed by atoms with van der Waals surface area (Å²) in [5.41, 5.74) is 1.04. The van der Waals surface area contributed by atoms with Crippen LogP contribution in [-0.2, 0) is 15.4 Å². The van der Waals surface area contributed by atoms with Crippen molar-refractivity contribution in [3.8, 4) is 0 Å². The molecule has 0 fully saturated rings. The Labute approximate surface area is 98.7 Å². The summed E-state index contributed by atoms with van der Waals surface area (Å²) in [5.74, 6) is -0.682. The van der Waals surface area contributed by atoms with Crippen LogP contribution in [0.15, 0.2) is 24.3 Å². The quantitative estimate of drug-likeness (QED) is 0.461. The van der Waals surface area contributed by atoms with Crippen molar-refractivity contribution >= 4 is 23.6 Å². The van der Waals surface area contributed by atoms with E-state index in [1.807, 2.05) is 0 Å². The maximum Gasteiger partial charge on any atom is 0.330 e. The molecule has 0 heterocycles. The minimum Gasteiger partial charge on any atom is -0.463 e. The summed E-state index contributed by atoms with van der Waals surface area (Å²) in [6.07, 6.45) is 2.76. The van der Waals surface area contributed by atoms with Gasteiger partial charge in [-0.15, -0.1) is 11.6 Å². The van der Waals surface area contributed by atoms with Crippen LogP contribution < -0.4 is 0 Å². The third-order valence-corrected chi connectivity index (χ3v) is 2.21. The van der Waals surface area contributed by atoms with Crippen LogP contribution in [0.25, 0.3) is 6.08 Å². The number of hydrogen-bond acceptors (Lipinski definition) is 2. The van der Waals surface area contributed by atoms with E-state index in [0.29, 0.717) is 17.7 Å². The van der Waals surface area contributed by atoms with Crippen molar-refractivity contribution < 1.29 is 13.9 Å². The van der Waals surface area contributed by atoms with Crippen molar-refractivity contribution in [2.75, 3.05) is 6.61 Å². The summed E-state index contributed by atoms with van der Waals surface area (Å²) in [4.78, 5) is 11.0. The zero-order valence-electron chi connectivity index (χ0n) is 8.87. The monoisotopic (exact) mass is 242 g/mol. The van der Waals surface area contributed by atoms with E-state index in [0.717, 1.165) is 0 Å². The van der Waals surface area contributed by atoms with E-state index in [-0.39, 0.29) is 11.7 Å². The molecule has 2 nitrogen and oxygen atoms in total. The minimum atomic E-state index is -0.440. The van der Waals surface area contributed by atoms with Gasteiger partial charge in [0.05, 0.1) is 12.5 Å². The van der Waals surface area contributed by atoms with Crippen molar-refractivity contribution in [2.24, 2.45) is 0 Å². The summed E-state index contributed by atoms with van der Waals surface area (Å²) in [6.45, 7) is 2.05. The van der Waals surface area contributed by atoms with Crippen molar-refractivity contribution in [2.45, 2.75) is 12.8 Å². The first kappa shape index (κ1) is 12.7. The Morgan fingerprint density at radius 1 is 1.56 bits per heavy atom. The molecule has 0 atom stereocenters. The van der Waals surface area contributed by atoms with Crippen molar-refractivity contribution in [1.82, 2.24) is 0 Å². The number of halogens is 2. The van der Waals surface area contributed by atoms with Gasteiger partial charge in [0, 0.05) is 11.6 Å². The number of esters is 1. The van der Waals surface area contributed by atoms with Crippen molar-refractivity contribution in [1.29, 1.82) is 0 Å². The lowest BCUT2D eigenvalue weighted by Gasteiger charge is -2.00. The lowest BCUT2D eigenvalue weighted by Crippen LogP contribution is -1.98. The standard InChI is InChI=1S/C12H12ClFO2/c1-2-16-12(15)6-4-9-3-5-10(8-13)11(14)7-9/h3-7H,2,8H2,1H3. The molecule has 0 aromatic heterocycles. The van der Waals surface area contributed by atoms with Crippen LogP contribution in [0.5, 0.6) is 0 Å². The van der Waals surface area contributed by atoms with Crippen LogP contribution in [0.3, 0.4) is 0 Å². The fourth-order valence-corrected chi connectivity index (χ4v) is 1.35. The highest BCUT2D eigenvalue weighted by molar-refractivity contribution is 6.17. The van der Waals surface area contributed by atoms with Crippen LogP contribution in [0.1, 0.15) is 18.1 Å². The molecule has 0 unspecified atom stereocenters. The molecule has 0 saturated carbocycles. The van der Waals surface area contributed by atoms with Crippen LogP contribution in [0.4, 0.5) is 4.39 Å². The lowest BCUT2D eigenvalue weighted by molar-refractivity contribution is -0.137. The van der Waals surface area contributed by atoms with Gasteiger partial charge in [-0.05, 0) is 24.6 Å². The van der Waals surface area contributed by atoms with E-state index in [4.69, 9.17) is 16.3 Å². The smallest absolute Gasteiger partial charge is 0.330 e. The Morgan fingerprint density at radius 3 is 2.88 bits per heavy atom. The molecule has 0 amide bonds. The van der Waals surface area contributed by atoms with Crippen LogP contribution in [0, 0.1) is 5.82 Å². The van der Waals surface area contributed by atoms with Crippen LogP contribution >= 0.6 is 11.6 Å². The fourth-order valence-electron chi connectivity index (χ4n) is 1.13. The zero-order valence-corrected chi connectivity index (χ0v) is 9.63. The highest BCUT2D eigenvalue weighted by Crippen LogP contribution is 2.13. The van der Waals surface area contributed by atoms with Crippen molar-refractivity contribution in [3.63, 3.8) is 0 Å². The number of carbonyl (C=O) groups excluding carboxylic acids is 1. The van der Waals surface area contributed by atoms with E-state index < -0.39 is 5.97 Å². The summed E-state index contributed by atoms with van der Waals surface area (Å²) in [7, 11) is 0. The number of benzene rings is 1. The Hall–Kier alpha value is -1.35. The van der Waals surface area contributed by atoms with Gasteiger partial charge in [0.15, 0.2) is 0 Å². The fraction of sp³-hybridized carbons (Fsp3) is 0.250. The second-order valence-electron chi connectivity index (χ2n) is 3.07. The van der Waals surface area contributed by atoms with Crippen LogP contribution in [0.2, 0.25) is 0 Å². The third kappa shape index (κ3) is 3.66. The topological polar surface area (TPSA) is 26.3 Å². The molecule has 86 valence electrons. The molecule has 16 heavy (non-hydrogen) atoms. The second kappa shape index (κ2) is 6.28. The Kier molecular flexibility index (Phi) is 4.99. The minimum absolute atomic E-state index is 0.133. The molecule has 0 aliphatic rings. The predicted octanol–water partition coefficient (Wildman–Crippen LogP) is 3.14. The first-order valence-electron chi connectivity index (χ1n) is 4.86. The van der Waals surface area contributed by atoms with E-state index in [2.05, 4.69) is 0 Å². The highest BCUT2D eigenvalue weighted by Gasteiger charge is 2.01.